The first kappa shape index (κ1) is 9.84. The molecule has 1 aliphatic carbocycles. The van der Waals surface area contributed by atoms with Crippen molar-refractivity contribution in [2.24, 2.45) is 5.92 Å². The van der Waals surface area contributed by atoms with Gasteiger partial charge in [-0.3, -0.25) is 0 Å². The fourth-order valence-electron chi connectivity index (χ4n) is 1.52. The molecular weight excluding hydrogens is 242 g/mol. The van der Waals surface area contributed by atoms with Crippen LogP contribution in [0.4, 0.5) is 5.69 Å². The highest BCUT2D eigenvalue weighted by Gasteiger charge is 2.18. The molecule has 76 valence electrons. The first-order valence-corrected chi connectivity index (χ1v) is 5.73. The van der Waals surface area contributed by atoms with E-state index in [1.54, 1.807) is 0 Å². The zero-order valence-electron chi connectivity index (χ0n) is 8.00. The predicted octanol–water partition coefficient (Wildman–Crippen LogP) is 3.21. The van der Waals surface area contributed by atoms with Gasteiger partial charge in [-0.25, -0.2) is 0 Å². The summed E-state index contributed by atoms with van der Waals surface area (Å²) in [6.07, 6.45) is 3.96. The molecule has 2 rings (SSSR count). The molecule has 0 saturated heterocycles. The topological polar surface area (TPSA) is 35.2 Å². The highest BCUT2D eigenvalue weighted by molar-refractivity contribution is 9.10. The van der Waals surface area contributed by atoms with Gasteiger partial charge in [0.2, 0.25) is 0 Å². The van der Waals surface area contributed by atoms with Gasteiger partial charge in [-0.05, 0) is 37.0 Å². The first-order chi connectivity index (χ1) is 6.75. The second kappa shape index (κ2) is 4.22. The Morgan fingerprint density at radius 2 is 2.21 bits per heavy atom. The number of benzene rings is 1. The Balaban J connectivity index is 1.94. The first-order valence-electron chi connectivity index (χ1n) is 4.93. The van der Waals surface area contributed by atoms with Crippen molar-refractivity contribution in [3.8, 4) is 5.75 Å². The van der Waals surface area contributed by atoms with Crippen molar-refractivity contribution < 1.29 is 4.74 Å². The largest absolute Gasteiger partial charge is 0.491 e. The molecule has 1 aromatic carbocycles. The molecule has 0 aliphatic heterocycles. The number of nitrogen functional groups attached to an aromatic ring is 1. The van der Waals surface area contributed by atoms with Gasteiger partial charge in [-0.1, -0.05) is 22.4 Å². The second-order valence-electron chi connectivity index (χ2n) is 3.79. The quantitative estimate of drug-likeness (QED) is 0.843. The summed E-state index contributed by atoms with van der Waals surface area (Å²) < 4.78 is 6.64. The van der Waals surface area contributed by atoms with Gasteiger partial charge in [0.05, 0.1) is 12.3 Å². The van der Waals surface area contributed by atoms with Crippen LogP contribution < -0.4 is 10.5 Å². The van der Waals surface area contributed by atoms with E-state index >= 15 is 0 Å². The van der Waals surface area contributed by atoms with Gasteiger partial charge in [0.15, 0.2) is 0 Å². The van der Waals surface area contributed by atoms with Gasteiger partial charge in [-0.15, -0.1) is 0 Å². The van der Waals surface area contributed by atoms with E-state index in [1.807, 2.05) is 18.2 Å². The molecule has 0 amide bonds. The molecule has 1 saturated carbocycles. The molecule has 0 unspecified atom stereocenters. The molecule has 14 heavy (non-hydrogen) atoms. The lowest BCUT2D eigenvalue weighted by Gasteiger charge is -2.25. The van der Waals surface area contributed by atoms with Gasteiger partial charge >= 0.3 is 0 Å². The number of rotatable bonds is 3. The van der Waals surface area contributed by atoms with Crippen molar-refractivity contribution >= 4 is 21.6 Å². The van der Waals surface area contributed by atoms with Crippen molar-refractivity contribution in [2.45, 2.75) is 19.3 Å². The maximum atomic E-state index is 5.81. The summed E-state index contributed by atoms with van der Waals surface area (Å²) in [5.41, 5.74) is 6.52. The normalized spacial score (nSPS) is 16.4. The van der Waals surface area contributed by atoms with Gasteiger partial charge in [-0.2, -0.15) is 0 Å². The van der Waals surface area contributed by atoms with Gasteiger partial charge in [0.1, 0.15) is 5.75 Å². The molecule has 0 aromatic heterocycles. The summed E-state index contributed by atoms with van der Waals surface area (Å²) in [7, 11) is 0. The van der Waals surface area contributed by atoms with Crippen LogP contribution in [0.25, 0.3) is 0 Å². The summed E-state index contributed by atoms with van der Waals surface area (Å²) in [5.74, 6) is 1.55. The van der Waals surface area contributed by atoms with Crippen molar-refractivity contribution in [3.05, 3.63) is 22.7 Å². The lowest BCUT2D eigenvalue weighted by molar-refractivity contribution is 0.181. The molecule has 0 radical (unpaired) electrons. The summed E-state index contributed by atoms with van der Waals surface area (Å²) >= 11 is 3.37. The van der Waals surface area contributed by atoms with Crippen LogP contribution in [-0.2, 0) is 0 Å². The highest BCUT2D eigenvalue weighted by atomic mass is 79.9. The molecule has 0 heterocycles. The number of nitrogens with two attached hydrogens (primary N) is 1. The van der Waals surface area contributed by atoms with Crippen LogP contribution >= 0.6 is 15.9 Å². The van der Waals surface area contributed by atoms with Crippen LogP contribution in [0.2, 0.25) is 0 Å². The highest BCUT2D eigenvalue weighted by Crippen LogP contribution is 2.30. The van der Waals surface area contributed by atoms with Crippen LogP contribution in [0.1, 0.15) is 19.3 Å². The van der Waals surface area contributed by atoms with E-state index < -0.39 is 0 Å². The molecule has 0 bridgehead atoms. The molecule has 1 aromatic rings. The van der Waals surface area contributed by atoms with E-state index in [0.29, 0.717) is 5.69 Å². The molecular formula is C11H14BrNO. The van der Waals surface area contributed by atoms with E-state index in [1.165, 1.54) is 19.3 Å². The standard InChI is InChI=1S/C11H14BrNO/c12-9-4-5-11(10(13)6-9)14-7-8-2-1-3-8/h4-6,8H,1-3,7,13H2. The number of hydrogen-bond acceptors (Lipinski definition) is 2. The van der Waals surface area contributed by atoms with E-state index in [9.17, 15) is 0 Å². The maximum Gasteiger partial charge on any atom is 0.142 e. The SMILES string of the molecule is Nc1cc(Br)ccc1OCC1CCC1. The Kier molecular flexibility index (Phi) is 2.96. The monoisotopic (exact) mass is 255 g/mol. The Morgan fingerprint density at radius 3 is 2.79 bits per heavy atom. The third-order valence-corrected chi connectivity index (χ3v) is 3.16. The van der Waals surface area contributed by atoms with Crippen LogP contribution in [0.5, 0.6) is 5.75 Å². The van der Waals surface area contributed by atoms with Gasteiger partial charge in [0.25, 0.3) is 0 Å². The minimum absolute atomic E-state index is 0.707. The number of anilines is 1. The van der Waals surface area contributed by atoms with Crippen molar-refractivity contribution in [3.63, 3.8) is 0 Å². The smallest absolute Gasteiger partial charge is 0.142 e. The van der Waals surface area contributed by atoms with Crippen LogP contribution in [0.3, 0.4) is 0 Å². The molecule has 2 N–H and O–H groups in total. The third-order valence-electron chi connectivity index (χ3n) is 2.67. The lowest BCUT2D eigenvalue weighted by atomic mass is 9.86. The zero-order chi connectivity index (χ0) is 9.97. The molecule has 1 aliphatic rings. The van der Waals surface area contributed by atoms with E-state index in [0.717, 1.165) is 22.7 Å². The summed E-state index contributed by atoms with van der Waals surface area (Å²) in [6.45, 7) is 0.811. The summed E-state index contributed by atoms with van der Waals surface area (Å²) in [4.78, 5) is 0. The van der Waals surface area contributed by atoms with Crippen LogP contribution in [-0.4, -0.2) is 6.61 Å². The maximum absolute atomic E-state index is 5.81. The lowest BCUT2D eigenvalue weighted by Crippen LogP contribution is -2.19. The Morgan fingerprint density at radius 1 is 1.43 bits per heavy atom. The summed E-state index contributed by atoms with van der Waals surface area (Å²) in [6, 6.07) is 5.74. The molecule has 2 nitrogen and oxygen atoms in total. The number of halogens is 1. The molecule has 3 heteroatoms. The Bertz CT molecular complexity index is 323. The predicted molar refractivity (Wildman–Crippen MR) is 61.4 cm³/mol. The van der Waals surface area contributed by atoms with Crippen molar-refractivity contribution in [1.29, 1.82) is 0 Å². The minimum Gasteiger partial charge on any atom is -0.491 e. The summed E-state index contributed by atoms with van der Waals surface area (Å²) in [5, 5.41) is 0. The van der Waals surface area contributed by atoms with Gasteiger partial charge < -0.3 is 10.5 Å². The van der Waals surface area contributed by atoms with Crippen LogP contribution in [0, 0.1) is 5.92 Å². The van der Waals surface area contributed by atoms with E-state index in [2.05, 4.69) is 15.9 Å². The fraction of sp³-hybridized carbons (Fsp3) is 0.455. The zero-order valence-corrected chi connectivity index (χ0v) is 9.59. The molecule has 1 fully saturated rings. The van der Waals surface area contributed by atoms with Crippen LogP contribution in [0.15, 0.2) is 22.7 Å². The van der Waals surface area contributed by atoms with E-state index in [-0.39, 0.29) is 0 Å². The average molecular weight is 256 g/mol. The second-order valence-corrected chi connectivity index (χ2v) is 4.71. The molecule has 0 atom stereocenters. The van der Waals surface area contributed by atoms with Gasteiger partial charge in [0, 0.05) is 4.47 Å². The van der Waals surface area contributed by atoms with Crippen molar-refractivity contribution in [1.82, 2.24) is 0 Å². The average Bonchev–Trinajstić information content (AvgIpc) is 2.05. The number of ether oxygens (including phenoxy) is 1. The molecule has 0 spiro atoms. The minimum atomic E-state index is 0.707. The third kappa shape index (κ3) is 2.21. The van der Waals surface area contributed by atoms with Crippen molar-refractivity contribution in [2.75, 3.05) is 12.3 Å². The Hall–Kier alpha value is -0.700. The Labute approximate surface area is 92.6 Å². The number of hydrogen-bond donors (Lipinski definition) is 1. The fourth-order valence-corrected chi connectivity index (χ4v) is 1.90. The van der Waals surface area contributed by atoms with E-state index in [4.69, 9.17) is 10.5 Å².